The normalized spacial score (nSPS) is 34.1. The van der Waals surface area contributed by atoms with Gasteiger partial charge in [-0.05, 0) is 32.6 Å². The Kier molecular flexibility index (Phi) is 2.99. The molecule has 0 bridgehead atoms. The Hall–Kier alpha value is -0.570. The SMILES string of the molecule is CC1(O)CCCN(C(=O)C2(C)CCCC2)C1. The lowest BCUT2D eigenvalue weighted by atomic mass is 9.85. The van der Waals surface area contributed by atoms with Crippen molar-refractivity contribution in [3.05, 3.63) is 0 Å². The third-order valence-electron chi connectivity index (χ3n) is 4.19. The van der Waals surface area contributed by atoms with Crippen molar-refractivity contribution < 1.29 is 9.90 Å². The Bertz CT molecular complexity index is 280. The molecule has 3 heteroatoms. The summed E-state index contributed by atoms with van der Waals surface area (Å²) in [6, 6.07) is 0. The van der Waals surface area contributed by atoms with Crippen LogP contribution in [0.3, 0.4) is 0 Å². The van der Waals surface area contributed by atoms with Gasteiger partial charge in [-0.2, -0.15) is 0 Å². The number of aliphatic hydroxyl groups is 1. The molecule has 1 amide bonds. The Labute approximate surface area is 97.8 Å². The minimum Gasteiger partial charge on any atom is -0.388 e. The summed E-state index contributed by atoms with van der Waals surface area (Å²) in [6.45, 7) is 5.26. The fourth-order valence-corrected chi connectivity index (χ4v) is 3.14. The maximum atomic E-state index is 12.4. The molecule has 2 rings (SSSR count). The van der Waals surface area contributed by atoms with Crippen LogP contribution in [0.15, 0.2) is 0 Å². The molecule has 0 aromatic carbocycles. The van der Waals surface area contributed by atoms with Crippen molar-refractivity contribution in [1.82, 2.24) is 4.90 Å². The van der Waals surface area contributed by atoms with Crippen LogP contribution < -0.4 is 0 Å². The van der Waals surface area contributed by atoms with E-state index in [0.29, 0.717) is 6.54 Å². The van der Waals surface area contributed by atoms with Gasteiger partial charge in [0.2, 0.25) is 5.91 Å². The van der Waals surface area contributed by atoms with Crippen molar-refractivity contribution in [3.63, 3.8) is 0 Å². The van der Waals surface area contributed by atoms with Gasteiger partial charge in [-0.15, -0.1) is 0 Å². The van der Waals surface area contributed by atoms with Crippen LogP contribution in [-0.2, 0) is 4.79 Å². The first-order valence-electron chi connectivity index (χ1n) is 6.45. The Morgan fingerprint density at radius 2 is 1.75 bits per heavy atom. The van der Waals surface area contributed by atoms with E-state index in [0.717, 1.165) is 32.2 Å². The van der Waals surface area contributed by atoms with Crippen molar-refractivity contribution in [2.45, 2.75) is 58.0 Å². The van der Waals surface area contributed by atoms with Gasteiger partial charge >= 0.3 is 0 Å². The van der Waals surface area contributed by atoms with Gasteiger partial charge in [0.1, 0.15) is 0 Å². The third kappa shape index (κ3) is 2.24. The molecule has 16 heavy (non-hydrogen) atoms. The van der Waals surface area contributed by atoms with Crippen LogP contribution >= 0.6 is 0 Å². The first kappa shape index (κ1) is 11.9. The van der Waals surface area contributed by atoms with Gasteiger partial charge in [-0.3, -0.25) is 4.79 Å². The first-order chi connectivity index (χ1) is 7.43. The van der Waals surface area contributed by atoms with Crippen LogP contribution in [0.4, 0.5) is 0 Å². The van der Waals surface area contributed by atoms with Gasteiger partial charge in [-0.25, -0.2) is 0 Å². The zero-order valence-electron chi connectivity index (χ0n) is 10.5. The van der Waals surface area contributed by atoms with Crippen molar-refractivity contribution in [2.24, 2.45) is 5.41 Å². The number of carbonyl (C=O) groups excluding carboxylic acids is 1. The molecule has 3 nitrogen and oxygen atoms in total. The first-order valence-corrected chi connectivity index (χ1v) is 6.45. The van der Waals surface area contributed by atoms with Crippen LogP contribution in [0.5, 0.6) is 0 Å². The molecule has 1 saturated carbocycles. The number of piperidine rings is 1. The highest BCUT2D eigenvalue weighted by Gasteiger charge is 2.41. The van der Waals surface area contributed by atoms with Crippen molar-refractivity contribution in [3.8, 4) is 0 Å². The summed E-state index contributed by atoms with van der Waals surface area (Å²) in [4.78, 5) is 14.3. The number of hydrogen-bond acceptors (Lipinski definition) is 2. The lowest BCUT2D eigenvalue weighted by Gasteiger charge is -2.40. The topological polar surface area (TPSA) is 40.5 Å². The molecule has 2 aliphatic rings. The van der Waals surface area contributed by atoms with Crippen molar-refractivity contribution in [2.75, 3.05) is 13.1 Å². The minimum atomic E-state index is -0.678. The molecule has 1 atom stereocenters. The maximum absolute atomic E-state index is 12.4. The van der Waals surface area contributed by atoms with Gasteiger partial charge in [0, 0.05) is 18.5 Å². The molecule has 1 unspecified atom stereocenters. The van der Waals surface area contributed by atoms with Crippen molar-refractivity contribution in [1.29, 1.82) is 0 Å². The molecular formula is C13H23NO2. The summed E-state index contributed by atoms with van der Waals surface area (Å²) < 4.78 is 0. The average molecular weight is 225 g/mol. The molecule has 1 aliphatic carbocycles. The van der Waals surface area contributed by atoms with Gasteiger partial charge in [0.15, 0.2) is 0 Å². The molecular weight excluding hydrogens is 202 g/mol. The summed E-state index contributed by atoms with van der Waals surface area (Å²) in [5, 5.41) is 10.0. The van der Waals surface area contributed by atoms with Crippen LogP contribution in [0.2, 0.25) is 0 Å². The van der Waals surface area contributed by atoms with Gasteiger partial charge in [0.25, 0.3) is 0 Å². The number of hydrogen-bond donors (Lipinski definition) is 1. The van der Waals surface area contributed by atoms with E-state index in [1.165, 1.54) is 12.8 Å². The van der Waals surface area contributed by atoms with Gasteiger partial charge in [-0.1, -0.05) is 19.8 Å². The fourth-order valence-electron chi connectivity index (χ4n) is 3.14. The van der Waals surface area contributed by atoms with E-state index < -0.39 is 5.60 Å². The highest BCUT2D eigenvalue weighted by atomic mass is 16.3. The number of rotatable bonds is 1. The van der Waals surface area contributed by atoms with Crippen LogP contribution in [0.1, 0.15) is 52.4 Å². The van der Waals surface area contributed by atoms with Crippen LogP contribution in [0, 0.1) is 5.41 Å². The highest BCUT2D eigenvalue weighted by molar-refractivity contribution is 5.82. The molecule has 0 radical (unpaired) electrons. The summed E-state index contributed by atoms with van der Waals surface area (Å²) in [7, 11) is 0. The number of carbonyl (C=O) groups is 1. The number of nitrogens with zero attached hydrogens (tertiary/aromatic N) is 1. The Morgan fingerprint density at radius 1 is 1.12 bits per heavy atom. The van der Waals surface area contributed by atoms with Crippen molar-refractivity contribution >= 4 is 5.91 Å². The second-order valence-corrected chi connectivity index (χ2v) is 6.09. The molecule has 1 aliphatic heterocycles. The zero-order chi connectivity index (χ0) is 11.8. The Morgan fingerprint density at radius 3 is 2.31 bits per heavy atom. The predicted molar refractivity (Wildman–Crippen MR) is 63.0 cm³/mol. The van der Waals surface area contributed by atoms with Gasteiger partial charge in [0.05, 0.1) is 5.60 Å². The molecule has 2 fully saturated rings. The van der Waals surface area contributed by atoms with E-state index in [9.17, 15) is 9.90 Å². The lowest BCUT2D eigenvalue weighted by Crippen LogP contribution is -2.52. The quantitative estimate of drug-likeness (QED) is 0.741. The molecule has 1 heterocycles. The smallest absolute Gasteiger partial charge is 0.228 e. The summed E-state index contributed by atoms with van der Waals surface area (Å²) in [5.41, 5.74) is -0.823. The minimum absolute atomic E-state index is 0.145. The monoisotopic (exact) mass is 225 g/mol. The number of amides is 1. The van der Waals surface area contributed by atoms with E-state index in [2.05, 4.69) is 6.92 Å². The predicted octanol–water partition coefficient (Wildman–Crippen LogP) is 1.94. The lowest BCUT2D eigenvalue weighted by molar-refractivity contribution is -0.147. The largest absolute Gasteiger partial charge is 0.388 e. The van der Waals surface area contributed by atoms with E-state index in [1.807, 2.05) is 11.8 Å². The second-order valence-electron chi connectivity index (χ2n) is 6.09. The third-order valence-corrected chi connectivity index (χ3v) is 4.19. The standard InChI is InChI=1S/C13H23NO2/c1-12(6-3-4-7-12)11(15)14-9-5-8-13(2,16)10-14/h16H,3-10H2,1-2H3. The van der Waals surface area contributed by atoms with Gasteiger partial charge < -0.3 is 10.0 Å². The number of likely N-dealkylation sites (tertiary alicyclic amines) is 1. The Balaban J connectivity index is 2.04. The highest BCUT2D eigenvalue weighted by Crippen LogP contribution is 2.40. The zero-order valence-corrected chi connectivity index (χ0v) is 10.5. The van der Waals surface area contributed by atoms with Crippen LogP contribution in [0.25, 0.3) is 0 Å². The molecule has 92 valence electrons. The molecule has 0 aromatic heterocycles. The number of β-amino-alcohol motifs (C(OH)–C–C–N with tert-alkyl or cyclic N) is 1. The van der Waals surface area contributed by atoms with E-state index in [1.54, 1.807) is 0 Å². The summed E-state index contributed by atoms with van der Waals surface area (Å²) >= 11 is 0. The van der Waals surface area contributed by atoms with E-state index in [4.69, 9.17) is 0 Å². The molecule has 1 saturated heterocycles. The molecule has 1 N–H and O–H groups in total. The van der Waals surface area contributed by atoms with Crippen LogP contribution in [-0.4, -0.2) is 34.6 Å². The summed E-state index contributed by atoms with van der Waals surface area (Å²) in [5.74, 6) is 0.268. The van der Waals surface area contributed by atoms with E-state index in [-0.39, 0.29) is 11.3 Å². The fraction of sp³-hybridized carbons (Fsp3) is 0.923. The summed E-state index contributed by atoms with van der Waals surface area (Å²) in [6.07, 6.45) is 6.12. The second kappa shape index (κ2) is 4.02. The molecule has 0 spiro atoms. The average Bonchev–Trinajstić information content (AvgIpc) is 2.64. The van der Waals surface area contributed by atoms with E-state index >= 15 is 0 Å². The maximum Gasteiger partial charge on any atom is 0.228 e. The molecule has 0 aromatic rings.